The topological polar surface area (TPSA) is 119 Å². The van der Waals surface area contributed by atoms with Gasteiger partial charge in [0.1, 0.15) is 0 Å². The van der Waals surface area contributed by atoms with Gasteiger partial charge in [-0.05, 0) is 50.5 Å². The molecule has 0 radical (unpaired) electrons. The van der Waals surface area contributed by atoms with Crippen molar-refractivity contribution >= 4 is 5.91 Å². The number of hydrogen-bond donors (Lipinski definition) is 3. The minimum Gasteiger partial charge on any atom is -0.349 e. The average Bonchev–Trinajstić information content (AvgIpc) is 2.98. The number of aromatic nitrogens is 4. The molecule has 2 atom stereocenters. The number of hydrogen-bond acceptors (Lipinski definition) is 5. The van der Waals surface area contributed by atoms with E-state index in [-0.39, 0.29) is 23.6 Å². The van der Waals surface area contributed by atoms with Gasteiger partial charge < -0.3 is 11.1 Å². The maximum absolute atomic E-state index is 12.9. The first-order chi connectivity index (χ1) is 12.5. The van der Waals surface area contributed by atoms with Crippen molar-refractivity contribution in [1.82, 2.24) is 25.3 Å². The lowest BCUT2D eigenvalue weighted by Gasteiger charge is -2.45. The van der Waals surface area contributed by atoms with Crippen LogP contribution in [0.2, 0.25) is 0 Å². The predicted octanol–water partition coefficient (Wildman–Crippen LogP) is 0.900. The van der Waals surface area contributed by atoms with Crippen LogP contribution in [0, 0.1) is 18.8 Å². The Labute approximate surface area is 151 Å². The van der Waals surface area contributed by atoms with Crippen molar-refractivity contribution < 1.29 is 4.79 Å². The van der Waals surface area contributed by atoms with Crippen molar-refractivity contribution in [2.24, 2.45) is 17.6 Å². The molecular formula is C18H24N6O2. The highest BCUT2D eigenvalue weighted by atomic mass is 16.2. The summed E-state index contributed by atoms with van der Waals surface area (Å²) < 4.78 is 1.56. The summed E-state index contributed by atoms with van der Waals surface area (Å²) in [6.45, 7) is 1.83. The van der Waals surface area contributed by atoms with Crippen molar-refractivity contribution in [3.63, 3.8) is 0 Å². The van der Waals surface area contributed by atoms with Crippen molar-refractivity contribution in [2.45, 2.75) is 51.1 Å². The molecule has 4 N–H and O–H groups in total. The minimum absolute atomic E-state index is 0.101. The van der Waals surface area contributed by atoms with Crippen molar-refractivity contribution in [3.8, 4) is 5.82 Å². The smallest absolute Gasteiger partial charge is 0.264 e. The molecule has 26 heavy (non-hydrogen) atoms. The summed E-state index contributed by atoms with van der Waals surface area (Å²) in [5.74, 6) is 1.31. The summed E-state index contributed by atoms with van der Waals surface area (Å²) >= 11 is 0. The molecular weight excluding hydrogens is 332 g/mol. The van der Waals surface area contributed by atoms with E-state index in [1.165, 1.54) is 12.5 Å². The fraction of sp³-hybridized carbons (Fsp3) is 0.556. The molecule has 0 aliphatic heterocycles. The molecule has 2 heterocycles. The highest BCUT2D eigenvalue weighted by Gasteiger charge is 2.40. The van der Waals surface area contributed by atoms with Gasteiger partial charge in [-0.2, -0.15) is 10.2 Å². The van der Waals surface area contributed by atoms with Gasteiger partial charge in [0.05, 0.1) is 17.5 Å². The summed E-state index contributed by atoms with van der Waals surface area (Å²) in [4.78, 5) is 24.0. The molecule has 2 fully saturated rings. The molecule has 2 aliphatic carbocycles. The van der Waals surface area contributed by atoms with Crippen LogP contribution >= 0.6 is 0 Å². The highest BCUT2D eigenvalue weighted by molar-refractivity contribution is 5.95. The second-order valence-electron chi connectivity index (χ2n) is 7.52. The lowest BCUT2D eigenvalue weighted by molar-refractivity contribution is 0.0755. The zero-order valence-corrected chi connectivity index (χ0v) is 14.8. The van der Waals surface area contributed by atoms with Crippen molar-refractivity contribution in [1.29, 1.82) is 0 Å². The summed E-state index contributed by atoms with van der Waals surface area (Å²) in [7, 11) is 0. The fourth-order valence-corrected chi connectivity index (χ4v) is 4.57. The van der Waals surface area contributed by atoms with Crippen LogP contribution in [-0.4, -0.2) is 38.0 Å². The Morgan fingerprint density at radius 1 is 1.31 bits per heavy atom. The number of nitrogens with one attached hydrogen (secondary N) is 2. The minimum atomic E-state index is -0.279. The Bertz CT molecular complexity index is 838. The first kappa shape index (κ1) is 17.0. The lowest BCUT2D eigenvalue weighted by Crippen LogP contribution is -2.53. The number of carbonyl (C=O) groups is 1. The molecule has 0 aromatic carbocycles. The zero-order chi connectivity index (χ0) is 18.3. The first-order valence-electron chi connectivity index (χ1n) is 9.20. The third-order valence-electron chi connectivity index (χ3n) is 5.81. The Morgan fingerprint density at radius 3 is 2.69 bits per heavy atom. The van der Waals surface area contributed by atoms with Gasteiger partial charge in [-0.3, -0.25) is 9.59 Å². The third-order valence-corrected chi connectivity index (χ3v) is 5.81. The summed E-state index contributed by atoms with van der Waals surface area (Å²) in [6, 6.07) is 3.42. The van der Waals surface area contributed by atoms with E-state index in [2.05, 4.69) is 20.6 Å². The molecule has 2 bridgehead atoms. The molecule has 2 aliphatic rings. The number of amides is 1. The largest absolute Gasteiger partial charge is 0.349 e. The lowest BCUT2D eigenvalue weighted by atomic mass is 9.67. The van der Waals surface area contributed by atoms with Crippen LogP contribution in [0.4, 0.5) is 0 Å². The van der Waals surface area contributed by atoms with Gasteiger partial charge in [-0.1, -0.05) is 6.42 Å². The molecule has 8 nitrogen and oxygen atoms in total. The van der Waals surface area contributed by atoms with E-state index in [1.807, 2.05) is 6.92 Å². The zero-order valence-electron chi connectivity index (χ0n) is 14.8. The van der Waals surface area contributed by atoms with Crippen LogP contribution in [0.25, 0.3) is 5.82 Å². The summed E-state index contributed by atoms with van der Waals surface area (Å²) in [5.41, 5.74) is 7.12. The number of aromatic amines is 1. The number of nitrogens with two attached hydrogens (primary N) is 1. The van der Waals surface area contributed by atoms with Crippen LogP contribution in [0.3, 0.4) is 0 Å². The summed E-state index contributed by atoms with van der Waals surface area (Å²) in [6.07, 6.45) is 7.02. The van der Waals surface area contributed by atoms with E-state index in [9.17, 15) is 9.59 Å². The molecule has 2 saturated carbocycles. The second kappa shape index (κ2) is 6.68. The maximum Gasteiger partial charge on any atom is 0.264 e. The van der Waals surface area contributed by atoms with E-state index >= 15 is 0 Å². The quantitative estimate of drug-likeness (QED) is 0.755. The number of H-pyrrole nitrogens is 1. The molecule has 0 saturated heterocycles. The van der Waals surface area contributed by atoms with Gasteiger partial charge in [0.2, 0.25) is 0 Å². The van der Waals surface area contributed by atoms with Gasteiger partial charge in [-0.15, -0.1) is 0 Å². The van der Waals surface area contributed by atoms with Crippen molar-refractivity contribution in [2.75, 3.05) is 0 Å². The SMILES string of the molecule is Cc1c(C(=O)NC2C3CCCC2CC(N)C3)cnn1-c1ccc(=O)[nH]n1. The maximum atomic E-state index is 12.9. The fourth-order valence-electron chi connectivity index (χ4n) is 4.57. The molecule has 4 rings (SSSR count). The van der Waals surface area contributed by atoms with Crippen LogP contribution in [0.5, 0.6) is 0 Å². The van der Waals surface area contributed by atoms with E-state index in [0.29, 0.717) is 28.9 Å². The third kappa shape index (κ3) is 3.05. The highest BCUT2D eigenvalue weighted by Crippen LogP contribution is 2.39. The van der Waals surface area contributed by atoms with E-state index in [4.69, 9.17) is 5.73 Å². The monoisotopic (exact) mass is 356 g/mol. The van der Waals surface area contributed by atoms with Gasteiger partial charge in [0.15, 0.2) is 5.82 Å². The Kier molecular flexibility index (Phi) is 4.36. The molecule has 2 aromatic heterocycles. The normalized spacial score (nSPS) is 27.9. The Morgan fingerprint density at radius 2 is 2.04 bits per heavy atom. The van der Waals surface area contributed by atoms with Gasteiger partial charge in [-0.25, -0.2) is 9.78 Å². The van der Waals surface area contributed by atoms with Gasteiger partial charge in [0, 0.05) is 18.2 Å². The number of fused-ring (bicyclic) bond motifs is 2. The Balaban J connectivity index is 1.54. The van der Waals surface area contributed by atoms with Crippen LogP contribution in [0.15, 0.2) is 23.1 Å². The van der Waals surface area contributed by atoms with Gasteiger partial charge in [0.25, 0.3) is 11.5 Å². The number of carbonyl (C=O) groups excluding carboxylic acids is 1. The Hall–Kier alpha value is -2.48. The standard InChI is InChI=1S/C18H24N6O2/c1-10-14(9-20-24(10)15-5-6-16(25)23-22-15)18(26)21-17-11-3-2-4-12(17)8-13(19)7-11/h5-6,9,11-13,17H,2-4,7-8,19H2,1H3,(H,21,26)(H,23,25). The molecule has 2 aromatic rings. The van der Waals surface area contributed by atoms with E-state index in [0.717, 1.165) is 25.7 Å². The molecule has 138 valence electrons. The average molecular weight is 356 g/mol. The van der Waals surface area contributed by atoms with E-state index < -0.39 is 0 Å². The second-order valence-corrected chi connectivity index (χ2v) is 7.52. The molecule has 2 unspecified atom stereocenters. The predicted molar refractivity (Wildman–Crippen MR) is 96.0 cm³/mol. The van der Waals surface area contributed by atoms with Crippen LogP contribution in [-0.2, 0) is 0 Å². The molecule has 1 amide bonds. The first-order valence-corrected chi connectivity index (χ1v) is 9.20. The number of nitrogens with zero attached hydrogens (tertiary/aromatic N) is 3. The van der Waals surface area contributed by atoms with Gasteiger partial charge >= 0.3 is 0 Å². The molecule has 0 spiro atoms. The van der Waals surface area contributed by atoms with Crippen LogP contribution in [0.1, 0.15) is 48.2 Å². The summed E-state index contributed by atoms with van der Waals surface area (Å²) in [5, 5.41) is 13.9. The van der Waals surface area contributed by atoms with E-state index in [1.54, 1.807) is 16.9 Å². The number of rotatable bonds is 3. The molecule has 8 heteroatoms. The van der Waals surface area contributed by atoms with Crippen molar-refractivity contribution in [3.05, 3.63) is 39.9 Å². The van der Waals surface area contributed by atoms with Crippen LogP contribution < -0.4 is 16.6 Å².